The van der Waals surface area contributed by atoms with Crippen LogP contribution < -0.4 is 5.32 Å². The van der Waals surface area contributed by atoms with E-state index in [9.17, 15) is 5.11 Å². The van der Waals surface area contributed by atoms with Crippen LogP contribution in [0.4, 0.5) is 0 Å². The first-order chi connectivity index (χ1) is 7.47. The largest absolute Gasteiger partial charge is 0.384 e. The average Bonchev–Trinajstić information content (AvgIpc) is 2.22. The molecular weight excluding hydrogens is 222 g/mol. The number of hydrogen-bond donors (Lipinski definition) is 2. The van der Waals surface area contributed by atoms with E-state index in [-0.39, 0.29) is 0 Å². The van der Waals surface area contributed by atoms with Gasteiger partial charge in [-0.1, -0.05) is 30.7 Å². The van der Waals surface area contributed by atoms with Crippen LogP contribution in [0.1, 0.15) is 31.4 Å². The summed E-state index contributed by atoms with van der Waals surface area (Å²) >= 11 is 6.05. The van der Waals surface area contributed by atoms with Crippen molar-refractivity contribution in [2.75, 3.05) is 13.1 Å². The van der Waals surface area contributed by atoms with Crippen molar-refractivity contribution in [1.29, 1.82) is 0 Å². The lowest BCUT2D eigenvalue weighted by molar-refractivity contribution is 0.0572. The van der Waals surface area contributed by atoms with Crippen LogP contribution in [0, 0.1) is 6.92 Å². The Balaban J connectivity index is 2.76. The molecule has 16 heavy (non-hydrogen) atoms. The van der Waals surface area contributed by atoms with Crippen LogP contribution in [0.3, 0.4) is 0 Å². The van der Waals surface area contributed by atoms with E-state index in [1.165, 1.54) is 0 Å². The van der Waals surface area contributed by atoms with Gasteiger partial charge in [-0.05, 0) is 44.0 Å². The molecule has 1 aromatic carbocycles. The van der Waals surface area contributed by atoms with E-state index in [2.05, 4.69) is 12.2 Å². The van der Waals surface area contributed by atoms with Crippen LogP contribution in [-0.4, -0.2) is 18.2 Å². The predicted molar refractivity (Wildman–Crippen MR) is 68.9 cm³/mol. The first kappa shape index (κ1) is 13.5. The van der Waals surface area contributed by atoms with Crippen LogP contribution in [-0.2, 0) is 5.60 Å². The molecule has 0 saturated heterocycles. The average molecular weight is 242 g/mol. The molecule has 0 saturated carbocycles. The van der Waals surface area contributed by atoms with Crippen LogP contribution >= 0.6 is 11.6 Å². The Morgan fingerprint density at radius 1 is 1.44 bits per heavy atom. The fourth-order valence-corrected chi connectivity index (χ4v) is 1.72. The first-order valence-electron chi connectivity index (χ1n) is 5.67. The van der Waals surface area contributed by atoms with Gasteiger partial charge in [0, 0.05) is 11.6 Å². The van der Waals surface area contributed by atoms with E-state index in [1.807, 2.05) is 25.1 Å². The van der Waals surface area contributed by atoms with Crippen molar-refractivity contribution >= 4 is 11.6 Å². The van der Waals surface area contributed by atoms with Crippen molar-refractivity contribution < 1.29 is 5.11 Å². The van der Waals surface area contributed by atoms with E-state index >= 15 is 0 Å². The molecule has 1 unspecified atom stereocenters. The summed E-state index contributed by atoms with van der Waals surface area (Å²) in [6, 6.07) is 5.70. The van der Waals surface area contributed by atoms with Gasteiger partial charge in [0.25, 0.3) is 0 Å². The zero-order valence-corrected chi connectivity index (χ0v) is 10.9. The number of nitrogens with one attached hydrogen (secondary N) is 1. The predicted octanol–water partition coefficient (Wildman–Crippen LogP) is 2.86. The topological polar surface area (TPSA) is 32.3 Å². The zero-order valence-electron chi connectivity index (χ0n) is 10.2. The highest BCUT2D eigenvalue weighted by Crippen LogP contribution is 2.25. The number of aliphatic hydroxyl groups is 1. The summed E-state index contributed by atoms with van der Waals surface area (Å²) in [6.07, 6.45) is 1.06. The van der Waals surface area contributed by atoms with Crippen molar-refractivity contribution in [3.63, 3.8) is 0 Å². The minimum absolute atomic E-state index is 0.542. The molecule has 0 fully saturated rings. The van der Waals surface area contributed by atoms with Gasteiger partial charge >= 0.3 is 0 Å². The Bertz CT molecular complexity index is 350. The van der Waals surface area contributed by atoms with E-state index < -0.39 is 5.60 Å². The Morgan fingerprint density at radius 2 is 2.12 bits per heavy atom. The molecule has 1 rings (SSSR count). The van der Waals surface area contributed by atoms with Gasteiger partial charge in [0.2, 0.25) is 0 Å². The monoisotopic (exact) mass is 241 g/mol. The van der Waals surface area contributed by atoms with Crippen molar-refractivity contribution in [2.24, 2.45) is 0 Å². The van der Waals surface area contributed by atoms with Gasteiger partial charge in [-0.2, -0.15) is 0 Å². The number of rotatable bonds is 5. The maximum absolute atomic E-state index is 10.3. The quantitative estimate of drug-likeness (QED) is 0.777. The molecule has 0 aromatic heterocycles. The lowest BCUT2D eigenvalue weighted by Crippen LogP contribution is -2.35. The van der Waals surface area contributed by atoms with Gasteiger partial charge < -0.3 is 10.4 Å². The molecule has 0 aliphatic carbocycles. The first-order valence-corrected chi connectivity index (χ1v) is 6.05. The van der Waals surface area contributed by atoms with E-state index in [0.29, 0.717) is 11.6 Å². The van der Waals surface area contributed by atoms with Crippen molar-refractivity contribution in [3.05, 3.63) is 34.3 Å². The van der Waals surface area contributed by atoms with Gasteiger partial charge in [-0.3, -0.25) is 0 Å². The van der Waals surface area contributed by atoms with Gasteiger partial charge in [0.1, 0.15) is 0 Å². The molecule has 0 aliphatic heterocycles. The van der Waals surface area contributed by atoms with Crippen molar-refractivity contribution in [1.82, 2.24) is 5.32 Å². The lowest BCUT2D eigenvalue weighted by atomic mass is 9.95. The molecule has 3 heteroatoms. The van der Waals surface area contributed by atoms with Gasteiger partial charge in [0.15, 0.2) is 0 Å². The second-order valence-electron chi connectivity index (χ2n) is 4.41. The third-order valence-electron chi connectivity index (χ3n) is 2.69. The second-order valence-corrected chi connectivity index (χ2v) is 4.82. The number of aryl methyl sites for hydroxylation is 1. The molecule has 0 bridgehead atoms. The summed E-state index contributed by atoms with van der Waals surface area (Å²) in [5, 5.41) is 14.2. The molecule has 1 atom stereocenters. The Kier molecular flexibility index (Phi) is 4.78. The minimum Gasteiger partial charge on any atom is -0.384 e. The number of benzene rings is 1. The lowest BCUT2D eigenvalue weighted by Gasteiger charge is -2.24. The summed E-state index contributed by atoms with van der Waals surface area (Å²) in [4.78, 5) is 0. The summed E-state index contributed by atoms with van der Waals surface area (Å²) in [5.41, 5.74) is 1.02. The van der Waals surface area contributed by atoms with E-state index in [4.69, 9.17) is 11.6 Å². The summed E-state index contributed by atoms with van der Waals surface area (Å²) in [7, 11) is 0. The molecule has 2 N–H and O–H groups in total. The van der Waals surface area contributed by atoms with Crippen LogP contribution in [0.2, 0.25) is 5.02 Å². The Hall–Kier alpha value is -0.570. The zero-order chi connectivity index (χ0) is 12.2. The molecular formula is C13H20ClNO. The molecule has 2 nitrogen and oxygen atoms in total. The molecule has 1 aromatic rings. The SMILES string of the molecule is CCCNCC(C)(O)c1ccc(C)c(Cl)c1. The van der Waals surface area contributed by atoms with Gasteiger partial charge in [-0.25, -0.2) is 0 Å². The highest BCUT2D eigenvalue weighted by molar-refractivity contribution is 6.31. The van der Waals surface area contributed by atoms with Crippen LogP contribution in [0.5, 0.6) is 0 Å². The highest BCUT2D eigenvalue weighted by Gasteiger charge is 2.22. The second kappa shape index (κ2) is 5.67. The molecule has 90 valence electrons. The molecule has 0 heterocycles. The number of halogens is 1. The molecule has 0 aliphatic rings. The highest BCUT2D eigenvalue weighted by atomic mass is 35.5. The van der Waals surface area contributed by atoms with Crippen molar-refractivity contribution in [3.8, 4) is 0 Å². The molecule has 0 radical (unpaired) electrons. The van der Waals surface area contributed by atoms with Crippen molar-refractivity contribution in [2.45, 2.75) is 32.8 Å². The maximum atomic E-state index is 10.3. The maximum Gasteiger partial charge on any atom is 0.0992 e. The fourth-order valence-electron chi connectivity index (χ4n) is 1.54. The Morgan fingerprint density at radius 3 is 2.69 bits per heavy atom. The molecule has 0 spiro atoms. The minimum atomic E-state index is -0.869. The fraction of sp³-hybridized carbons (Fsp3) is 0.538. The summed E-state index contributed by atoms with van der Waals surface area (Å²) < 4.78 is 0. The standard InChI is InChI=1S/C13H20ClNO/c1-4-7-15-9-13(3,16)11-6-5-10(2)12(14)8-11/h5-6,8,15-16H,4,7,9H2,1-3H3. The third kappa shape index (κ3) is 3.48. The number of hydrogen-bond acceptors (Lipinski definition) is 2. The summed E-state index contributed by atoms with van der Waals surface area (Å²) in [6.45, 7) is 7.31. The van der Waals surface area contributed by atoms with E-state index in [0.717, 1.165) is 24.1 Å². The third-order valence-corrected chi connectivity index (χ3v) is 3.10. The molecule has 0 amide bonds. The normalized spacial score (nSPS) is 14.8. The van der Waals surface area contributed by atoms with Crippen LogP contribution in [0.25, 0.3) is 0 Å². The van der Waals surface area contributed by atoms with Gasteiger partial charge in [-0.15, -0.1) is 0 Å². The van der Waals surface area contributed by atoms with Gasteiger partial charge in [0.05, 0.1) is 5.60 Å². The smallest absolute Gasteiger partial charge is 0.0992 e. The Labute approximate surface area is 103 Å². The summed E-state index contributed by atoms with van der Waals surface area (Å²) in [5.74, 6) is 0. The van der Waals surface area contributed by atoms with Crippen LogP contribution in [0.15, 0.2) is 18.2 Å². The van der Waals surface area contributed by atoms with E-state index in [1.54, 1.807) is 6.92 Å².